The van der Waals surface area contributed by atoms with Gasteiger partial charge < -0.3 is 10.3 Å². The van der Waals surface area contributed by atoms with Crippen molar-refractivity contribution in [3.05, 3.63) is 40.3 Å². The second kappa shape index (κ2) is 5.85. The third-order valence-corrected chi connectivity index (χ3v) is 5.11. The second-order valence-corrected chi connectivity index (χ2v) is 8.17. The molecule has 25 heavy (non-hydrogen) atoms. The largest absolute Gasteiger partial charge is 0.317 e. The lowest BCUT2D eigenvalue weighted by atomic mass is 9.94. The van der Waals surface area contributed by atoms with E-state index in [1.54, 1.807) is 28.8 Å². The Labute approximate surface area is 144 Å². The van der Waals surface area contributed by atoms with Crippen LogP contribution in [0.25, 0.3) is 16.6 Å². The van der Waals surface area contributed by atoms with E-state index < -0.39 is 10.0 Å². The number of H-pyrrole nitrogens is 1. The van der Waals surface area contributed by atoms with Gasteiger partial charge in [-0.3, -0.25) is 9.52 Å². The maximum Gasteiger partial charge on any atom is 0.251 e. The summed E-state index contributed by atoms with van der Waals surface area (Å²) in [5, 5.41) is 8.53. The third-order valence-electron chi connectivity index (χ3n) is 4.52. The number of nitrogens with one attached hydrogen (secondary N) is 3. The Morgan fingerprint density at radius 2 is 2.04 bits per heavy atom. The number of benzene rings is 1. The fraction of sp³-hybridized carbons (Fsp3) is 0.375. The first-order chi connectivity index (χ1) is 11.9. The van der Waals surface area contributed by atoms with Crippen LogP contribution in [0.5, 0.6) is 0 Å². The van der Waals surface area contributed by atoms with Crippen molar-refractivity contribution in [2.24, 2.45) is 0 Å². The van der Waals surface area contributed by atoms with Gasteiger partial charge in [0.15, 0.2) is 0 Å². The summed E-state index contributed by atoms with van der Waals surface area (Å²) in [6.45, 7) is 1.81. The van der Waals surface area contributed by atoms with Gasteiger partial charge in [-0.05, 0) is 38.1 Å². The zero-order chi connectivity index (χ0) is 17.6. The lowest BCUT2D eigenvalue weighted by Crippen LogP contribution is -2.28. The van der Waals surface area contributed by atoms with E-state index in [2.05, 4.69) is 20.1 Å². The van der Waals surface area contributed by atoms with Crippen molar-refractivity contribution in [3.8, 4) is 0 Å². The predicted molar refractivity (Wildman–Crippen MR) is 96.6 cm³/mol. The van der Waals surface area contributed by atoms with E-state index in [4.69, 9.17) is 0 Å². The number of hydrogen-bond acceptors (Lipinski definition) is 5. The molecule has 9 heteroatoms. The van der Waals surface area contributed by atoms with Crippen molar-refractivity contribution in [1.82, 2.24) is 19.9 Å². The van der Waals surface area contributed by atoms with Gasteiger partial charge in [0.05, 0.1) is 28.5 Å². The maximum atomic E-state index is 12.2. The molecule has 132 valence electrons. The number of anilines is 1. The molecule has 0 radical (unpaired) electrons. The summed E-state index contributed by atoms with van der Waals surface area (Å²) in [5.74, 6) is 0.242. The average molecular weight is 361 g/mol. The summed E-state index contributed by atoms with van der Waals surface area (Å²) in [6.07, 6.45) is 2.97. The van der Waals surface area contributed by atoms with Gasteiger partial charge in [0, 0.05) is 12.0 Å². The van der Waals surface area contributed by atoms with Gasteiger partial charge in [-0.2, -0.15) is 5.10 Å². The van der Waals surface area contributed by atoms with Crippen molar-refractivity contribution >= 4 is 32.3 Å². The Morgan fingerprint density at radius 3 is 2.76 bits per heavy atom. The van der Waals surface area contributed by atoms with Gasteiger partial charge in [-0.15, -0.1) is 0 Å². The number of nitrogens with zero attached hydrogens (tertiary/aromatic N) is 2. The van der Waals surface area contributed by atoms with Gasteiger partial charge >= 0.3 is 0 Å². The van der Waals surface area contributed by atoms with E-state index in [9.17, 15) is 13.2 Å². The molecule has 1 aromatic carbocycles. The Balaban J connectivity index is 2.00. The summed E-state index contributed by atoms with van der Waals surface area (Å²) in [6, 6.07) is 6.81. The van der Waals surface area contributed by atoms with Crippen molar-refractivity contribution in [1.29, 1.82) is 0 Å². The molecular formula is C16H19N5O3S. The van der Waals surface area contributed by atoms with Crippen molar-refractivity contribution in [3.63, 3.8) is 0 Å². The Morgan fingerprint density at radius 1 is 1.28 bits per heavy atom. The van der Waals surface area contributed by atoms with Crippen LogP contribution in [0.2, 0.25) is 0 Å². The molecule has 1 aliphatic heterocycles. The number of aromatic nitrogens is 3. The van der Waals surface area contributed by atoms with Crippen LogP contribution in [-0.4, -0.2) is 42.4 Å². The molecule has 0 aliphatic carbocycles. The summed E-state index contributed by atoms with van der Waals surface area (Å²) >= 11 is 0. The Hall–Kier alpha value is -2.39. The zero-order valence-electron chi connectivity index (χ0n) is 13.7. The van der Waals surface area contributed by atoms with Crippen LogP contribution in [0.1, 0.15) is 24.5 Å². The van der Waals surface area contributed by atoms with Crippen LogP contribution in [0.4, 0.5) is 5.69 Å². The van der Waals surface area contributed by atoms with E-state index >= 15 is 0 Å². The predicted octanol–water partition coefficient (Wildman–Crippen LogP) is 1.01. The highest BCUT2D eigenvalue weighted by atomic mass is 32.2. The van der Waals surface area contributed by atoms with E-state index in [0.29, 0.717) is 22.2 Å². The molecule has 3 N–H and O–H groups in total. The molecule has 8 nitrogen and oxygen atoms in total. The first kappa shape index (κ1) is 16.1. The Kier molecular flexibility index (Phi) is 3.77. The van der Waals surface area contributed by atoms with Gasteiger partial charge in [0.2, 0.25) is 10.0 Å². The number of hydrogen-bond donors (Lipinski definition) is 3. The number of aromatic amines is 1. The van der Waals surface area contributed by atoms with Crippen molar-refractivity contribution in [2.45, 2.75) is 18.8 Å². The lowest BCUT2D eigenvalue weighted by Gasteiger charge is -2.23. The molecule has 1 aliphatic rings. The van der Waals surface area contributed by atoms with Crippen LogP contribution in [0.3, 0.4) is 0 Å². The molecule has 0 amide bonds. The maximum absolute atomic E-state index is 12.2. The lowest BCUT2D eigenvalue weighted by molar-refractivity contribution is 0.446. The molecular weight excluding hydrogens is 342 g/mol. The van der Waals surface area contributed by atoms with Crippen LogP contribution in [-0.2, 0) is 10.0 Å². The highest BCUT2D eigenvalue weighted by Crippen LogP contribution is 2.30. The molecule has 2 aromatic heterocycles. The molecule has 0 unspecified atom stereocenters. The molecule has 3 aromatic rings. The highest BCUT2D eigenvalue weighted by molar-refractivity contribution is 7.92. The molecule has 0 spiro atoms. The minimum absolute atomic E-state index is 0.211. The van der Waals surface area contributed by atoms with Gasteiger partial charge in [-0.1, -0.05) is 6.07 Å². The zero-order valence-corrected chi connectivity index (χ0v) is 14.6. The van der Waals surface area contributed by atoms with Gasteiger partial charge in [0.25, 0.3) is 5.56 Å². The molecule has 1 fully saturated rings. The summed E-state index contributed by atoms with van der Waals surface area (Å²) < 4.78 is 27.6. The number of sulfonamides is 1. The van der Waals surface area contributed by atoms with E-state index in [1.165, 1.54) is 0 Å². The smallest absolute Gasteiger partial charge is 0.251 e. The fourth-order valence-electron chi connectivity index (χ4n) is 3.48. The summed E-state index contributed by atoms with van der Waals surface area (Å²) in [5.41, 5.74) is 2.21. The molecule has 4 rings (SSSR count). The fourth-order valence-corrected chi connectivity index (χ4v) is 4.05. The quantitative estimate of drug-likeness (QED) is 0.645. The first-order valence-corrected chi connectivity index (χ1v) is 10.0. The minimum Gasteiger partial charge on any atom is -0.317 e. The average Bonchev–Trinajstić information content (AvgIpc) is 2.93. The van der Waals surface area contributed by atoms with Crippen LogP contribution in [0, 0.1) is 0 Å². The second-order valence-electron chi connectivity index (χ2n) is 6.42. The molecule has 0 atom stereocenters. The molecule has 0 bridgehead atoms. The van der Waals surface area contributed by atoms with E-state index in [-0.39, 0.29) is 11.5 Å². The SMILES string of the molecule is CS(=O)(=O)Nc1cccc2nn3c(C4CCNCC4)cc(=O)[nH]c3c12. The highest BCUT2D eigenvalue weighted by Gasteiger charge is 2.21. The standard InChI is InChI=1S/C16H19N5O3S/c1-25(23,24)20-12-4-2-3-11-15(12)16-18-14(22)9-13(21(16)19-11)10-5-7-17-8-6-10/h2-4,9-10,17,20H,5-8H2,1H3,(H,18,22). The normalized spacial score (nSPS) is 16.5. The van der Waals surface area contributed by atoms with Gasteiger partial charge in [0.1, 0.15) is 5.65 Å². The van der Waals surface area contributed by atoms with Crippen LogP contribution in [0.15, 0.2) is 29.1 Å². The van der Waals surface area contributed by atoms with Crippen LogP contribution < -0.4 is 15.6 Å². The van der Waals surface area contributed by atoms with Gasteiger partial charge in [-0.25, -0.2) is 12.9 Å². The molecule has 3 heterocycles. The van der Waals surface area contributed by atoms with Crippen molar-refractivity contribution < 1.29 is 8.42 Å². The Bertz CT molecular complexity index is 1110. The summed E-state index contributed by atoms with van der Waals surface area (Å²) in [7, 11) is -3.44. The topological polar surface area (TPSA) is 108 Å². The van der Waals surface area contributed by atoms with E-state index in [1.807, 2.05) is 0 Å². The van der Waals surface area contributed by atoms with Crippen molar-refractivity contribution in [2.75, 3.05) is 24.1 Å². The number of rotatable bonds is 3. The van der Waals surface area contributed by atoms with E-state index in [0.717, 1.165) is 37.9 Å². The third kappa shape index (κ3) is 3.00. The monoisotopic (exact) mass is 361 g/mol. The first-order valence-electron chi connectivity index (χ1n) is 8.15. The summed E-state index contributed by atoms with van der Waals surface area (Å²) in [4.78, 5) is 15.0. The van der Waals surface area contributed by atoms with Crippen LogP contribution >= 0.6 is 0 Å². The molecule has 0 saturated carbocycles. The minimum atomic E-state index is -3.44. The molecule has 1 saturated heterocycles. The number of fused-ring (bicyclic) bond motifs is 3. The number of piperidine rings is 1.